The molecule has 0 unspecified atom stereocenters. The summed E-state index contributed by atoms with van der Waals surface area (Å²) in [6.07, 6.45) is 1.79. The lowest BCUT2D eigenvalue weighted by Gasteiger charge is -2.16. The standard InChI is InChI=1S/C14H25N5/c1-4-15-14(17-10-11-19(3)5-2)18-12-13-8-6-7-9-16-13/h6-9H,4-5,10-12H2,1-3H3,(H2,15,17,18). The molecule has 0 radical (unpaired) electrons. The van der Waals surface area contributed by atoms with Crippen molar-refractivity contribution in [3.05, 3.63) is 30.1 Å². The van der Waals surface area contributed by atoms with Crippen molar-refractivity contribution in [2.45, 2.75) is 20.4 Å². The lowest BCUT2D eigenvalue weighted by atomic mass is 10.3. The van der Waals surface area contributed by atoms with Gasteiger partial charge in [0.25, 0.3) is 0 Å². The van der Waals surface area contributed by atoms with Gasteiger partial charge >= 0.3 is 0 Å². The number of rotatable bonds is 7. The maximum atomic E-state index is 4.52. The van der Waals surface area contributed by atoms with Crippen molar-refractivity contribution in [3.63, 3.8) is 0 Å². The molecule has 2 N–H and O–H groups in total. The van der Waals surface area contributed by atoms with Gasteiger partial charge in [-0.15, -0.1) is 0 Å². The van der Waals surface area contributed by atoms with E-state index in [2.05, 4.69) is 46.4 Å². The minimum atomic E-state index is 0.597. The summed E-state index contributed by atoms with van der Waals surface area (Å²) in [7, 11) is 2.11. The van der Waals surface area contributed by atoms with Crippen LogP contribution in [0.2, 0.25) is 0 Å². The van der Waals surface area contributed by atoms with Gasteiger partial charge in [0.1, 0.15) is 0 Å². The normalized spacial score (nSPS) is 11.7. The molecule has 0 aliphatic carbocycles. The van der Waals surface area contributed by atoms with Crippen LogP contribution in [-0.4, -0.2) is 49.1 Å². The second-order valence-electron chi connectivity index (χ2n) is 4.34. The fourth-order valence-electron chi connectivity index (χ4n) is 1.52. The number of likely N-dealkylation sites (N-methyl/N-ethyl adjacent to an activating group) is 1. The molecule has 0 atom stereocenters. The van der Waals surface area contributed by atoms with Crippen molar-refractivity contribution >= 4 is 5.96 Å². The fourth-order valence-corrected chi connectivity index (χ4v) is 1.52. The highest BCUT2D eigenvalue weighted by atomic mass is 15.2. The second kappa shape index (κ2) is 9.33. The van der Waals surface area contributed by atoms with Crippen molar-refractivity contribution in [1.82, 2.24) is 20.5 Å². The van der Waals surface area contributed by atoms with Crippen LogP contribution in [0, 0.1) is 0 Å². The molecule has 1 aromatic heterocycles. The highest BCUT2D eigenvalue weighted by molar-refractivity contribution is 5.79. The molecule has 0 saturated carbocycles. The average Bonchev–Trinajstić information content (AvgIpc) is 2.45. The summed E-state index contributed by atoms with van der Waals surface area (Å²) in [5.41, 5.74) is 0.977. The molecule has 19 heavy (non-hydrogen) atoms. The lowest BCUT2D eigenvalue weighted by molar-refractivity contribution is 0.357. The van der Waals surface area contributed by atoms with E-state index in [0.717, 1.165) is 37.8 Å². The van der Waals surface area contributed by atoms with Gasteiger partial charge in [0.05, 0.1) is 12.2 Å². The Bertz CT molecular complexity index is 363. The van der Waals surface area contributed by atoms with E-state index in [1.807, 2.05) is 18.2 Å². The van der Waals surface area contributed by atoms with E-state index in [1.165, 1.54) is 0 Å². The molecule has 1 rings (SSSR count). The quantitative estimate of drug-likeness (QED) is 0.571. The minimum absolute atomic E-state index is 0.597. The first kappa shape index (κ1) is 15.4. The highest BCUT2D eigenvalue weighted by Gasteiger charge is 1.99. The third-order valence-electron chi connectivity index (χ3n) is 2.80. The highest BCUT2D eigenvalue weighted by Crippen LogP contribution is 1.95. The van der Waals surface area contributed by atoms with Crippen LogP contribution in [0.15, 0.2) is 29.4 Å². The summed E-state index contributed by atoms with van der Waals surface area (Å²) in [5, 5.41) is 6.56. The van der Waals surface area contributed by atoms with Gasteiger partial charge in [0, 0.05) is 25.8 Å². The van der Waals surface area contributed by atoms with E-state index in [-0.39, 0.29) is 0 Å². The zero-order valence-corrected chi connectivity index (χ0v) is 12.2. The molecular weight excluding hydrogens is 238 g/mol. The molecule has 0 spiro atoms. The Morgan fingerprint density at radius 2 is 2.16 bits per heavy atom. The van der Waals surface area contributed by atoms with E-state index in [4.69, 9.17) is 0 Å². The van der Waals surface area contributed by atoms with E-state index in [1.54, 1.807) is 6.20 Å². The topological polar surface area (TPSA) is 52.6 Å². The number of pyridine rings is 1. The van der Waals surface area contributed by atoms with Gasteiger partial charge in [-0.25, -0.2) is 4.99 Å². The molecule has 0 amide bonds. The molecule has 5 nitrogen and oxygen atoms in total. The Hall–Kier alpha value is -1.62. The summed E-state index contributed by atoms with van der Waals surface area (Å²) in [4.78, 5) is 11.0. The van der Waals surface area contributed by atoms with Crippen molar-refractivity contribution in [1.29, 1.82) is 0 Å². The SMILES string of the molecule is CCNC(=NCc1ccccn1)NCCN(C)CC. The zero-order chi connectivity index (χ0) is 13.9. The molecule has 0 aromatic carbocycles. The summed E-state index contributed by atoms with van der Waals surface area (Å²) in [6.45, 7) is 8.63. The van der Waals surface area contributed by atoms with Crippen LogP contribution in [0.25, 0.3) is 0 Å². The first-order valence-electron chi connectivity index (χ1n) is 6.86. The van der Waals surface area contributed by atoms with Gasteiger partial charge in [-0.1, -0.05) is 13.0 Å². The largest absolute Gasteiger partial charge is 0.357 e. The first-order valence-corrected chi connectivity index (χ1v) is 6.86. The van der Waals surface area contributed by atoms with E-state index < -0.39 is 0 Å². The van der Waals surface area contributed by atoms with Crippen LogP contribution in [0.1, 0.15) is 19.5 Å². The fraction of sp³-hybridized carbons (Fsp3) is 0.571. The van der Waals surface area contributed by atoms with Gasteiger partial charge in [0.2, 0.25) is 0 Å². The Kier molecular flexibility index (Phi) is 7.58. The molecule has 5 heteroatoms. The Labute approximate surface area is 116 Å². The zero-order valence-electron chi connectivity index (χ0n) is 12.2. The predicted octanol–water partition coefficient (Wildman–Crippen LogP) is 1.09. The summed E-state index contributed by atoms with van der Waals surface area (Å²) < 4.78 is 0. The molecule has 0 aliphatic rings. The Morgan fingerprint density at radius 3 is 2.79 bits per heavy atom. The number of nitrogens with one attached hydrogen (secondary N) is 2. The van der Waals surface area contributed by atoms with Gasteiger partial charge in [-0.05, 0) is 32.6 Å². The Morgan fingerprint density at radius 1 is 1.32 bits per heavy atom. The Balaban J connectivity index is 2.42. The third kappa shape index (κ3) is 6.76. The van der Waals surface area contributed by atoms with E-state index in [9.17, 15) is 0 Å². The van der Waals surface area contributed by atoms with E-state index in [0.29, 0.717) is 6.54 Å². The summed E-state index contributed by atoms with van der Waals surface area (Å²) in [6, 6.07) is 5.88. The number of aromatic nitrogens is 1. The maximum Gasteiger partial charge on any atom is 0.191 e. The predicted molar refractivity (Wildman–Crippen MR) is 80.2 cm³/mol. The van der Waals surface area contributed by atoms with Gasteiger partial charge in [0.15, 0.2) is 5.96 Å². The summed E-state index contributed by atoms with van der Waals surface area (Å²) >= 11 is 0. The molecule has 0 fully saturated rings. The number of aliphatic imine (C=N–C) groups is 1. The van der Waals surface area contributed by atoms with Crippen molar-refractivity contribution in [2.24, 2.45) is 4.99 Å². The second-order valence-corrected chi connectivity index (χ2v) is 4.34. The number of nitrogens with zero attached hydrogens (tertiary/aromatic N) is 3. The molecule has 0 aliphatic heterocycles. The van der Waals surface area contributed by atoms with Crippen LogP contribution in [0.3, 0.4) is 0 Å². The van der Waals surface area contributed by atoms with Gasteiger partial charge < -0.3 is 15.5 Å². The van der Waals surface area contributed by atoms with E-state index >= 15 is 0 Å². The lowest BCUT2D eigenvalue weighted by Crippen LogP contribution is -2.40. The first-order chi connectivity index (χ1) is 9.26. The van der Waals surface area contributed by atoms with Crippen LogP contribution < -0.4 is 10.6 Å². The van der Waals surface area contributed by atoms with Crippen LogP contribution in [0.5, 0.6) is 0 Å². The summed E-state index contributed by atoms with van der Waals surface area (Å²) in [5.74, 6) is 0.845. The number of hydrogen-bond donors (Lipinski definition) is 2. The van der Waals surface area contributed by atoms with Gasteiger partial charge in [-0.2, -0.15) is 0 Å². The molecule has 0 saturated heterocycles. The number of hydrogen-bond acceptors (Lipinski definition) is 3. The molecule has 106 valence electrons. The number of guanidine groups is 1. The molecule has 1 heterocycles. The third-order valence-corrected chi connectivity index (χ3v) is 2.80. The van der Waals surface area contributed by atoms with Crippen molar-refractivity contribution in [3.8, 4) is 0 Å². The van der Waals surface area contributed by atoms with Gasteiger partial charge in [-0.3, -0.25) is 4.98 Å². The van der Waals surface area contributed by atoms with Crippen LogP contribution in [0.4, 0.5) is 0 Å². The molecular formula is C14H25N5. The smallest absolute Gasteiger partial charge is 0.191 e. The average molecular weight is 263 g/mol. The molecule has 0 bridgehead atoms. The minimum Gasteiger partial charge on any atom is -0.357 e. The molecule has 1 aromatic rings. The monoisotopic (exact) mass is 263 g/mol. The van der Waals surface area contributed by atoms with Crippen LogP contribution in [-0.2, 0) is 6.54 Å². The maximum absolute atomic E-state index is 4.52. The van der Waals surface area contributed by atoms with Crippen molar-refractivity contribution < 1.29 is 0 Å². The van der Waals surface area contributed by atoms with Crippen molar-refractivity contribution in [2.75, 3.05) is 33.2 Å². The van der Waals surface area contributed by atoms with Crippen LogP contribution >= 0.6 is 0 Å².